The molecule has 0 amide bonds. The zero-order valence-electron chi connectivity index (χ0n) is 17.5. The Balaban J connectivity index is 1.37. The van der Waals surface area contributed by atoms with Crippen LogP contribution in [0.4, 0.5) is 5.69 Å². The van der Waals surface area contributed by atoms with Gasteiger partial charge in [0.05, 0.1) is 0 Å². The van der Waals surface area contributed by atoms with Crippen molar-refractivity contribution in [1.29, 1.82) is 0 Å². The maximum absolute atomic E-state index is 4.72. The first kappa shape index (κ1) is 18.5. The number of hydrogen-bond acceptors (Lipinski definition) is 4. The van der Waals surface area contributed by atoms with E-state index in [1.54, 1.807) is 0 Å². The standard InChI is InChI=1S/C24H26N6/c1-16-12-19-14-20(5-7-22(19)30(16)3)28-23-9-11-27-24(25-2,29-23)15-17-4-6-21-18(13-17)8-10-26-21/h4-14,25-26,28-29H,15H2,1-3H3. The number of benzene rings is 2. The van der Waals surface area contributed by atoms with Crippen LogP contribution < -0.4 is 16.0 Å². The van der Waals surface area contributed by atoms with E-state index >= 15 is 0 Å². The molecule has 0 saturated heterocycles. The van der Waals surface area contributed by atoms with Crippen LogP contribution in [-0.4, -0.2) is 28.6 Å². The fourth-order valence-electron chi connectivity index (χ4n) is 4.14. The number of aromatic amines is 1. The second-order valence-corrected chi connectivity index (χ2v) is 7.91. The van der Waals surface area contributed by atoms with Crippen LogP contribution in [0.1, 0.15) is 11.3 Å². The number of nitrogens with one attached hydrogen (secondary N) is 4. The Kier molecular flexibility index (Phi) is 4.37. The monoisotopic (exact) mass is 398 g/mol. The number of anilines is 1. The molecule has 0 fully saturated rings. The first-order valence-electron chi connectivity index (χ1n) is 10.2. The van der Waals surface area contributed by atoms with Crippen LogP contribution in [-0.2, 0) is 13.5 Å². The summed E-state index contributed by atoms with van der Waals surface area (Å²) < 4.78 is 2.21. The summed E-state index contributed by atoms with van der Waals surface area (Å²) in [4.78, 5) is 7.97. The van der Waals surface area contributed by atoms with Gasteiger partial charge in [0.25, 0.3) is 0 Å². The quantitative estimate of drug-likeness (QED) is 0.411. The number of aromatic nitrogens is 2. The predicted molar refractivity (Wildman–Crippen MR) is 125 cm³/mol. The van der Waals surface area contributed by atoms with Gasteiger partial charge in [0.2, 0.25) is 0 Å². The number of allylic oxidation sites excluding steroid dienone is 1. The lowest BCUT2D eigenvalue weighted by molar-refractivity contribution is 0.311. The van der Waals surface area contributed by atoms with Crippen molar-refractivity contribution in [3.05, 3.63) is 77.9 Å². The van der Waals surface area contributed by atoms with Gasteiger partial charge in [-0.2, -0.15) is 0 Å². The first-order chi connectivity index (χ1) is 14.5. The maximum Gasteiger partial charge on any atom is 0.189 e. The van der Waals surface area contributed by atoms with Crippen molar-refractivity contribution in [1.82, 2.24) is 20.2 Å². The third-order valence-corrected chi connectivity index (χ3v) is 5.93. The molecule has 0 aliphatic carbocycles. The molecule has 4 N–H and O–H groups in total. The van der Waals surface area contributed by atoms with Gasteiger partial charge < -0.3 is 20.2 Å². The molecule has 1 unspecified atom stereocenters. The Labute approximate surface area is 175 Å². The van der Waals surface area contributed by atoms with Crippen LogP contribution in [0, 0.1) is 6.92 Å². The van der Waals surface area contributed by atoms with E-state index in [1.807, 2.05) is 25.5 Å². The molecule has 1 aliphatic heterocycles. The van der Waals surface area contributed by atoms with Crippen molar-refractivity contribution in [2.24, 2.45) is 12.0 Å². The molecule has 1 atom stereocenters. The van der Waals surface area contributed by atoms with E-state index in [4.69, 9.17) is 4.99 Å². The van der Waals surface area contributed by atoms with Crippen LogP contribution in [0.5, 0.6) is 0 Å². The topological polar surface area (TPSA) is 69.2 Å². The van der Waals surface area contributed by atoms with Crippen molar-refractivity contribution in [2.75, 3.05) is 12.4 Å². The van der Waals surface area contributed by atoms with Crippen LogP contribution in [0.3, 0.4) is 0 Å². The minimum absolute atomic E-state index is 0.603. The van der Waals surface area contributed by atoms with Crippen molar-refractivity contribution in [2.45, 2.75) is 19.1 Å². The molecular weight excluding hydrogens is 372 g/mol. The molecule has 2 aromatic heterocycles. The highest BCUT2D eigenvalue weighted by molar-refractivity contribution is 5.85. The van der Waals surface area contributed by atoms with Gasteiger partial charge in [0, 0.05) is 53.7 Å². The van der Waals surface area contributed by atoms with E-state index < -0.39 is 5.79 Å². The van der Waals surface area contributed by atoms with Gasteiger partial charge in [-0.15, -0.1) is 0 Å². The number of aliphatic imine (C=N–C) groups is 1. The lowest BCUT2D eigenvalue weighted by Crippen LogP contribution is -2.57. The number of hydrogen-bond donors (Lipinski definition) is 4. The summed E-state index contributed by atoms with van der Waals surface area (Å²) >= 11 is 0. The molecule has 3 heterocycles. The molecule has 0 radical (unpaired) electrons. The van der Waals surface area contributed by atoms with E-state index in [2.05, 4.69) is 88.0 Å². The smallest absolute Gasteiger partial charge is 0.189 e. The zero-order chi connectivity index (χ0) is 20.7. The molecule has 152 valence electrons. The first-order valence-corrected chi connectivity index (χ1v) is 10.2. The third kappa shape index (κ3) is 3.25. The summed E-state index contributed by atoms with van der Waals surface area (Å²) in [6, 6.07) is 17.2. The van der Waals surface area contributed by atoms with E-state index in [-0.39, 0.29) is 0 Å². The largest absolute Gasteiger partial charge is 0.361 e. The van der Waals surface area contributed by atoms with Gasteiger partial charge in [-0.25, -0.2) is 0 Å². The van der Waals surface area contributed by atoms with Gasteiger partial charge in [-0.3, -0.25) is 10.3 Å². The SMILES string of the molecule is CNC1(Cc2ccc3[nH]ccc3c2)N=CC=C(Nc2ccc3c(c2)cc(C)n3C)N1. The average Bonchev–Trinajstić information content (AvgIpc) is 3.32. The Hall–Kier alpha value is -3.51. The second-order valence-electron chi connectivity index (χ2n) is 7.91. The number of H-pyrrole nitrogens is 1. The van der Waals surface area contributed by atoms with Gasteiger partial charge in [-0.05, 0) is 73.5 Å². The summed E-state index contributed by atoms with van der Waals surface area (Å²) in [5, 5.41) is 12.9. The van der Waals surface area contributed by atoms with Crippen molar-refractivity contribution >= 4 is 33.7 Å². The molecule has 5 rings (SSSR count). The highest BCUT2D eigenvalue weighted by Crippen LogP contribution is 2.24. The Morgan fingerprint density at radius 3 is 2.83 bits per heavy atom. The normalized spacial score (nSPS) is 18.6. The third-order valence-electron chi connectivity index (χ3n) is 5.93. The molecule has 1 aliphatic rings. The van der Waals surface area contributed by atoms with E-state index in [1.165, 1.54) is 27.5 Å². The predicted octanol–water partition coefficient (Wildman–Crippen LogP) is 4.01. The highest BCUT2D eigenvalue weighted by atomic mass is 15.4. The van der Waals surface area contributed by atoms with Gasteiger partial charge in [0.15, 0.2) is 5.79 Å². The molecule has 2 aromatic carbocycles. The van der Waals surface area contributed by atoms with Gasteiger partial charge in [0.1, 0.15) is 5.82 Å². The summed E-state index contributed by atoms with van der Waals surface area (Å²) in [5.41, 5.74) is 5.88. The Bertz CT molecular complexity index is 1290. The highest BCUT2D eigenvalue weighted by Gasteiger charge is 2.29. The zero-order valence-corrected chi connectivity index (χ0v) is 17.5. The summed E-state index contributed by atoms with van der Waals surface area (Å²) in [7, 11) is 4.03. The fourth-order valence-corrected chi connectivity index (χ4v) is 4.14. The Morgan fingerprint density at radius 1 is 1.07 bits per heavy atom. The molecule has 0 spiro atoms. The lowest BCUT2D eigenvalue weighted by atomic mass is 10.0. The van der Waals surface area contributed by atoms with Gasteiger partial charge >= 0.3 is 0 Å². The molecule has 6 nitrogen and oxygen atoms in total. The number of aryl methyl sites for hydroxylation is 2. The molecule has 0 saturated carbocycles. The number of nitrogens with zero attached hydrogens (tertiary/aromatic N) is 2. The van der Waals surface area contributed by atoms with Crippen molar-refractivity contribution in [3.8, 4) is 0 Å². The summed E-state index contributed by atoms with van der Waals surface area (Å²) in [6.07, 6.45) is 6.51. The van der Waals surface area contributed by atoms with Crippen molar-refractivity contribution in [3.63, 3.8) is 0 Å². The van der Waals surface area contributed by atoms with E-state index in [0.29, 0.717) is 0 Å². The van der Waals surface area contributed by atoms with Crippen LogP contribution >= 0.6 is 0 Å². The number of likely N-dealkylation sites (N-methyl/N-ethyl adjacent to an activating group) is 1. The van der Waals surface area contributed by atoms with Crippen LogP contribution in [0.15, 0.2) is 71.6 Å². The van der Waals surface area contributed by atoms with Crippen LogP contribution in [0.2, 0.25) is 0 Å². The fraction of sp³-hybridized carbons (Fsp3) is 0.208. The van der Waals surface area contributed by atoms with Crippen molar-refractivity contribution < 1.29 is 0 Å². The second kappa shape index (κ2) is 7.07. The van der Waals surface area contributed by atoms with E-state index in [9.17, 15) is 0 Å². The average molecular weight is 399 g/mol. The van der Waals surface area contributed by atoms with Gasteiger partial charge in [-0.1, -0.05) is 6.07 Å². The number of rotatable bonds is 5. The minimum Gasteiger partial charge on any atom is -0.361 e. The maximum atomic E-state index is 4.72. The number of fused-ring (bicyclic) bond motifs is 2. The van der Waals surface area contributed by atoms with E-state index in [0.717, 1.165) is 23.4 Å². The molecular formula is C24H26N6. The molecule has 0 bridgehead atoms. The Morgan fingerprint density at radius 2 is 1.97 bits per heavy atom. The molecule has 6 heteroatoms. The summed E-state index contributed by atoms with van der Waals surface area (Å²) in [6.45, 7) is 2.13. The molecule has 4 aromatic rings. The lowest BCUT2D eigenvalue weighted by Gasteiger charge is -2.35. The molecule has 30 heavy (non-hydrogen) atoms. The minimum atomic E-state index is -0.603. The summed E-state index contributed by atoms with van der Waals surface area (Å²) in [5.74, 6) is 0.309. The van der Waals surface area contributed by atoms with Crippen LogP contribution in [0.25, 0.3) is 21.8 Å².